The fourth-order valence-corrected chi connectivity index (χ4v) is 5.05. The Morgan fingerprint density at radius 2 is 1.64 bits per heavy atom. The second kappa shape index (κ2) is 14.5. The first-order valence-electron chi connectivity index (χ1n) is 13.8. The van der Waals surface area contributed by atoms with Gasteiger partial charge in [0.15, 0.2) is 11.5 Å². The molecule has 0 saturated carbocycles. The highest BCUT2D eigenvalue weighted by atomic mass is 35.5. The largest absolute Gasteiger partial charge is 0.493 e. The number of halogens is 1. The van der Waals surface area contributed by atoms with Crippen LogP contribution in [-0.2, 0) is 17.7 Å². The lowest BCUT2D eigenvalue weighted by atomic mass is 9.97. The molecule has 0 bridgehead atoms. The van der Waals surface area contributed by atoms with Crippen LogP contribution in [0.4, 0.5) is 0 Å². The zero-order chi connectivity index (χ0) is 31.2. The molecule has 0 N–H and O–H groups in total. The van der Waals surface area contributed by atoms with Crippen molar-refractivity contribution < 1.29 is 28.5 Å². The van der Waals surface area contributed by atoms with Crippen LogP contribution in [0.15, 0.2) is 71.8 Å². The number of nitrogens with zero attached hydrogens (tertiary/aromatic N) is 4. The highest BCUT2D eigenvalue weighted by Crippen LogP contribution is 2.43. The third-order valence-corrected chi connectivity index (χ3v) is 7.06. The quantitative estimate of drug-likeness (QED) is 0.182. The van der Waals surface area contributed by atoms with Crippen molar-refractivity contribution in [3.05, 3.63) is 100.0 Å². The lowest BCUT2D eigenvalue weighted by molar-refractivity contribution is 0.0588. The molecule has 5 aromatic rings. The lowest BCUT2D eigenvalue weighted by Gasteiger charge is -2.20. The van der Waals surface area contributed by atoms with Gasteiger partial charge < -0.3 is 23.7 Å². The Labute approximate surface area is 266 Å². The Morgan fingerprint density at radius 1 is 0.889 bits per heavy atom. The molecule has 0 radical (unpaired) electrons. The lowest BCUT2D eigenvalue weighted by Crippen LogP contribution is -2.29. The molecule has 1 aromatic carbocycles. The Kier molecular flexibility index (Phi) is 10.6. The molecule has 11 nitrogen and oxygen atoms in total. The zero-order valence-corrected chi connectivity index (χ0v) is 26.3. The van der Waals surface area contributed by atoms with Crippen LogP contribution in [0, 0.1) is 6.92 Å². The van der Waals surface area contributed by atoms with E-state index in [2.05, 4.69) is 15.0 Å². The predicted octanol–water partition coefficient (Wildman–Crippen LogP) is 5.07. The molecule has 45 heavy (non-hydrogen) atoms. The average Bonchev–Trinajstić information content (AvgIpc) is 3.05. The van der Waals surface area contributed by atoms with Crippen molar-refractivity contribution in [2.24, 2.45) is 0 Å². The molecule has 4 aromatic heterocycles. The van der Waals surface area contributed by atoms with Crippen molar-refractivity contribution in [3.63, 3.8) is 0 Å². The maximum atomic E-state index is 14.2. The normalized spacial score (nSPS) is 10.6. The fraction of sp³-hybridized carbons (Fsp3) is 0.242. The van der Waals surface area contributed by atoms with Gasteiger partial charge in [0, 0.05) is 47.2 Å². The summed E-state index contributed by atoms with van der Waals surface area (Å²) in [6, 6.07) is 16.1. The molecule has 0 fully saturated rings. The fourth-order valence-electron chi connectivity index (χ4n) is 5.05. The van der Waals surface area contributed by atoms with Crippen LogP contribution < -0.4 is 24.5 Å². The molecule has 0 atom stereocenters. The number of hydrogen-bond acceptors (Lipinski definition) is 10. The SMILES string of the molecule is COC(=O)c1c(-c2cc(OC)c(OC)c(OC)c2)c2ccc(OCCc3ccccn3)nc2c(=O)n1Cc1ccnc(C)c1.Cl. The minimum Gasteiger partial charge on any atom is -0.493 e. The van der Waals surface area contributed by atoms with Crippen LogP contribution >= 0.6 is 12.4 Å². The highest BCUT2D eigenvalue weighted by Gasteiger charge is 2.27. The minimum atomic E-state index is -0.700. The van der Waals surface area contributed by atoms with Gasteiger partial charge in [0.1, 0.15) is 11.2 Å². The van der Waals surface area contributed by atoms with Crippen molar-refractivity contribution in [2.75, 3.05) is 35.0 Å². The topological polar surface area (TPSA) is 124 Å². The van der Waals surface area contributed by atoms with E-state index in [9.17, 15) is 9.59 Å². The minimum absolute atomic E-state index is 0. The first-order valence-corrected chi connectivity index (χ1v) is 13.8. The van der Waals surface area contributed by atoms with Gasteiger partial charge in [-0.15, -0.1) is 12.4 Å². The summed E-state index contributed by atoms with van der Waals surface area (Å²) in [5, 5.41) is 0.420. The molecule has 12 heteroatoms. The Bertz CT molecular complexity index is 1850. The number of ether oxygens (including phenoxy) is 5. The third kappa shape index (κ3) is 6.83. The van der Waals surface area contributed by atoms with Gasteiger partial charge >= 0.3 is 5.97 Å². The molecule has 0 saturated heterocycles. The monoisotopic (exact) mass is 632 g/mol. The number of carbonyl (C=O) groups is 1. The molecule has 0 amide bonds. The van der Waals surface area contributed by atoms with Crippen LogP contribution in [0.1, 0.15) is 27.4 Å². The summed E-state index contributed by atoms with van der Waals surface area (Å²) < 4.78 is 29.3. The summed E-state index contributed by atoms with van der Waals surface area (Å²) in [6.07, 6.45) is 3.94. The van der Waals surface area contributed by atoms with Crippen LogP contribution in [-0.4, -0.2) is 60.5 Å². The Morgan fingerprint density at radius 3 is 2.27 bits per heavy atom. The third-order valence-electron chi connectivity index (χ3n) is 7.06. The molecule has 234 valence electrons. The number of fused-ring (bicyclic) bond motifs is 1. The molecule has 0 aliphatic rings. The molecular weight excluding hydrogens is 600 g/mol. The van der Waals surface area contributed by atoms with Gasteiger partial charge in [0.2, 0.25) is 11.6 Å². The van der Waals surface area contributed by atoms with Gasteiger partial charge in [0.25, 0.3) is 5.56 Å². The van der Waals surface area contributed by atoms with Crippen LogP contribution in [0.25, 0.3) is 22.0 Å². The summed E-state index contributed by atoms with van der Waals surface area (Å²) >= 11 is 0. The molecule has 4 heterocycles. The molecule has 0 aliphatic carbocycles. The molecule has 0 spiro atoms. The van der Waals surface area contributed by atoms with E-state index in [1.807, 2.05) is 31.2 Å². The van der Waals surface area contributed by atoms with Gasteiger partial charge in [-0.05, 0) is 60.5 Å². The maximum Gasteiger partial charge on any atom is 0.355 e. The smallest absolute Gasteiger partial charge is 0.355 e. The van der Waals surface area contributed by atoms with Crippen molar-refractivity contribution in [1.82, 2.24) is 19.5 Å². The summed E-state index contributed by atoms with van der Waals surface area (Å²) in [7, 11) is 5.78. The van der Waals surface area contributed by atoms with Gasteiger partial charge in [0.05, 0.1) is 41.6 Å². The van der Waals surface area contributed by atoms with Gasteiger partial charge in [-0.3, -0.25) is 19.3 Å². The number of aromatic nitrogens is 4. The number of carbonyl (C=O) groups excluding carboxylic acids is 1. The Balaban J connectivity index is 0.00000461. The maximum absolute atomic E-state index is 14.2. The predicted molar refractivity (Wildman–Crippen MR) is 171 cm³/mol. The van der Waals surface area contributed by atoms with E-state index in [1.165, 1.54) is 33.0 Å². The molecule has 5 rings (SSSR count). The number of hydrogen-bond donors (Lipinski definition) is 0. The summed E-state index contributed by atoms with van der Waals surface area (Å²) in [5.74, 6) is 0.684. The molecular formula is C33H33ClN4O7. The second-order valence-electron chi connectivity index (χ2n) is 9.79. The van der Waals surface area contributed by atoms with E-state index >= 15 is 0 Å². The highest BCUT2D eigenvalue weighted by molar-refractivity contribution is 6.06. The number of esters is 1. The van der Waals surface area contributed by atoms with E-state index in [-0.39, 0.29) is 36.0 Å². The summed E-state index contributed by atoms with van der Waals surface area (Å²) in [6.45, 7) is 2.22. The van der Waals surface area contributed by atoms with Crippen molar-refractivity contribution in [1.29, 1.82) is 0 Å². The van der Waals surface area contributed by atoms with Crippen molar-refractivity contribution in [3.8, 4) is 34.3 Å². The first-order chi connectivity index (χ1) is 21.4. The van der Waals surface area contributed by atoms with E-state index in [0.29, 0.717) is 46.8 Å². The van der Waals surface area contributed by atoms with Gasteiger partial charge in [-0.2, -0.15) is 0 Å². The van der Waals surface area contributed by atoms with E-state index in [1.54, 1.807) is 42.7 Å². The molecule has 0 unspecified atom stereocenters. The number of pyridine rings is 4. The number of aryl methyl sites for hydroxylation is 1. The van der Waals surface area contributed by atoms with E-state index < -0.39 is 11.5 Å². The van der Waals surface area contributed by atoms with E-state index in [0.717, 1.165) is 17.0 Å². The summed E-state index contributed by atoms with van der Waals surface area (Å²) in [5.41, 5.74) is 3.00. The van der Waals surface area contributed by atoms with E-state index in [4.69, 9.17) is 23.7 Å². The van der Waals surface area contributed by atoms with Gasteiger partial charge in [-0.1, -0.05) is 6.07 Å². The van der Waals surface area contributed by atoms with Crippen LogP contribution in [0.2, 0.25) is 0 Å². The van der Waals surface area contributed by atoms with Crippen molar-refractivity contribution in [2.45, 2.75) is 19.9 Å². The summed E-state index contributed by atoms with van der Waals surface area (Å²) in [4.78, 5) is 40.9. The van der Waals surface area contributed by atoms with Crippen LogP contribution in [0.5, 0.6) is 23.1 Å². The first kappa shape index (κ1) is 32.7. The standard InChI is InChI=1S/C33H32N4O7.ClH/c1-20-16-21(11-14-34-20)19-37-30(33(39)43-5)28(22-17-25(40-2)31(42-4)26(18-22)41-3)24-9-10-27(36-29(24)32(37)38)44-15-12-23-8-6-7-13-35-23;/h6-11,13-14,16-18H,12,15,19H2,1-5H3;1H. The zero-order valence-electron chi connectivity index (χ0n) is 25.5. The second-order valence-corrected chi connectivity index (χ2v) is 9.79. The van der Waals surface area contributed by atoms with Crippen molar-refractivity contribution >= 4 is 29.3 Å². The van der Waals surface area contributed by atoms with Gasteiger partial charge in [-0.25, -0.2) is 9.78 Å². The van der Waals surface area contributed by atoms with Crippen LogP contribution in [0.3, 0.4) is 0 Å². The molecule has 0 aliphatic heterocycles. The average molecular weight is 633 g/mol. The number of benzene rings is 1. The number of methoxy groups -OCH3 is 4. The Hall–Kier alpha value is -5.16. The number of rotatable bonds is 11.